The molecule has 3 heterocycles. The number of aromatic nitrogens is 3. The van der Waals surface area contributed by atoms with Crippen LogP contribution < -0.4 is 11.0 Å². The summed E-state index contributed by atoms with van der Waals surface area (Å²) in [5.74, 6) is -0.686. The Labute approximate surface area is 216 Å². The minimum absolute atomic E-state index is 0.0790. The van der Waals surface area contributed by atoms with E-state index in [0.717, 1.165) is 5.56 Å². The molecule has 1 aliphatic rings. The number of fused-ring (bicyclic) bond motifs is 1. The van der Waals surface area contributed by atoms with Gasteiger partial charge in [0.05, 0.1) is 34.2 Å². The molecule has 36 heavy (non-hydrogen) atoms. The van der Waals surface area contributed by atoms with Gasteiger partial charge in [0.15, 0.2) is 0 Å². The molecule has 8 nitrogen and oxygen atoms in total. The van der Waals surface area contributed by atoms with Crippen molar-refractivity contribution in [2.24, 2.45) is 0 Å². The summed E-state index contributed by atoms with van der Waals surface area (Å²) in [4.78, 5) is 45.9. The Kier molecular flexibility index (Phi) is 6.63. The first-order valence-electron chi connectivity index (χ1n) is 11.3. The second-order valence-electron chi connectivity index (χ2n) is 8.30. The minimum atomic E-state index is -0.419. The number of nitrogens with zero attached hydrogens (tertiary/aromatic N) is 4. The van der Waals surface area contributed by atoms with Crippen LogP contribution in [0, 0.1) is 0 Å². The fraction of sp³-hybridized carbons (Fsp3) is 0.154. The Balaban J connectivity index is 1.52. The van der Waals surface area contributed by atoms with Crippen molar-refractivity contribution >= 4 is 35.0 Å². The van der Waals surface area contributed by atoms with Crippen molar-refractivity contribution < 1.29 is 9.59 Å². The molecule has 4 aromatic rings. The second kappa shape index (κ2) is 10.0. The highest BCUT2D eigenvalue weighted by atomic mass is 35.5. The number of carbonyl (C=O) groups is 2. The molecule has 182 valence electrons. The van der Waals surface area contributed by atoms with E-state index in [-0.39, 0.29) is 41.9 Å². The Morgan fingerprint density at radius 1 is 0.972 bits per heavy atom. The number of hydrogen-bond donors (Lipinski definition) is 1. The van der Waals surface area contributed by atoms with E-state index in [1.165, 1.54) is 16.8 Å². The van der Waals surface area contributed by atoms with E-state index in [9.17, 15) is 14.4 Å². The highest BCUT2D eigenvalue weighted by molar-refractivity contribution is 6.42. The van der Waals surface area contributed by atoms with Crippen molar-refractivity contribution in [1.82, 2.24) is 24.3 Å². The number of pyridine rings is 1. The van der Waals surface area contributed by atoms with E-state index >= 15 is 0 Å². The zero-order valence-corrected chi connectivity index (χ0v) is 20.5. The first-order chi connectivity index (χ1) is 17.4. The third kappa shape index (κ3) is 4.53. The third-order valence-electron chi connectivity index (χ3n) is 6.05. The smallest absolute Gasteiger partial charge is 0.333 e. The van der Waals surface area contributed by atoms with Crippen LogP contribution in [-0.4, -0.2) is 37.4 Å². The van der Waals surface area contributed by atoms with Gasteiger partial charge in [0, 0.05) is 31.4 Å². The summed E-state index contributed by atoms with van der Waals surface area (Å²) in [5.41, 5.74) is 2.04. The molecule has 2 aromatic carbocycles. The van der Waals surface area contributed by atoms with Crippen LogP contribution in [0.5, 0.6) is 0 Å². The highest BCUT2D eigenvalue weighted by Crippen LogP contribution is 2.25. The molecule has 0 saturated heterocycles. The molecule has 5 rings (SSSR count). The molecule has 0 radical (unpaired) electrons. The number of carbonyl (C=O) groups excluding carboxylic acids is 2. The second-order valence-corrected chi connectivity index (χ2v) is 9.11. The Morgan fingerprint density at radius 3 is 2.50 bits per heavy atom. The fourth-order valence-electron chi connectivity index (χ4n) is 4.27. The zero-order chi connectivity index (χ0) is 25.2. The van der Waals surface area contributed by atoms with Gasteiger partial charge in [-0.05, 0) is 35.9 Å². The summed E-state index contributed by atoms with van der Waals surface area (Å²) in [6.07, 6.45) is 3.12. The average Bonchev–Trinajstić information content (AvgIpc) is 3.21. The molecular formula is C26H21Cl2N5O3. The van der Waals surface area contributed by atoms with Gasteiger partial charge in [0.2, 0.25) is 0 Å². The topological polar surface area (TPSA) is 89.2 Å². The minimum Gasteiger partial charge on any atom is -0.347 e. The summed E-state index contributed by atoms with van der Waals surface area (Å²) in [5, 5.41) is 3.54. The number of nitrogens with one attached hydrogen (secondary N) is 1. The molecule has 0 fully saturated rings. The largest absolute Gasteiger partial charge is 0.347 e. The van der Waals surface area contributed by atoms with E-state index in [4.69, 9.17) is 23.2 Å². The maximum absolute atomic E-state index is 13.5. The van der Waals surface area contributed by atoms with Gasteiger partial charge in [-0.25, -0.2) is 4.79 Å². The van der Waals surface area contributed by atoms with Crippen LogP contribution in [0.1, 0.15) is 32.1 Å². The molecule has 2 aromatic heterocycles. The van der Waals surface area contributed by atoms with Crippen LogP contribution in [-0.2, 0) is 19.6 Å². The van der Waals surface area contributed by atoms with Crippen LogP contribution in [0.4, 0.5) is 0 Å². The number of amides is 2. The van der Waals surface area contributed by atoms with Crippen molar-refractivity contribution in [3.63, 3.8) is 0 Å². The summed E-state index contributed by atoms with van der Waals surface area (Å²) < 4.78 is 2.90. The molecule has 10 heteroatoms. The number of rotatable bonds is 5. The number of hydrogen-bond acceptors (Lipinski definition) is 4. The average molecular weight is 522 g/mol. The SMILES string of the molecule is O=C(NCc1ccccc1)c1c2n(c(=O)n1-c1cccnc1)CCN(C(=O)c1ccc(Cl)c(Cl)c1)C2. The van der Waals surface area contributed by atoms with Crippen molar-refractivity contribution in [3.8, 4) is 5.69 Å². The van der Waals surface area contributed by atoms with Gasteiger partial charge in [0.25, 0.3) is 11.8 Å². The van der Waals surface area contributed by atoms with Gasteiger partial charge in [-0.1, -0.05) is 53.5 Å². The molecule has 0 atom stereocenters. The first kappa shape index (κ1) is 23.8. The van der Waals surface area contributed by atoms with E-state index in [0.29, 0.717) is 28.5 Å². The predicted molar refractivity (Wildman–Crippen MR) is 137 cm³/mol. The number of halogens is 2. The van der Waals surface area contributed by atoms with Gasteiger partial charge in [-0.2, -0.15) is 0 Å². The number of benzene rings is 2. The van der Waals surface area contributed by atoms with E-state index < -0.39 is 5.91 Å². The molecule has 0 unspecified atom stereocenters. The van der Waals surface area contributed by atoms with Crippen LogP contribution in [0.3, 0.4) is 0 Å². The zero-order valence-electron chi connectivity index (χ0n) is 19.0. The lowest BCUT2D eigenvalue weighted by molar-refractivity contribution is 0.0706. The highest BCUT2D eigenvalue weighted by Gasteiger charge is 2.32. The lowest BCUT2D eigenvalue weighted by Gasteiger charge is -2.28. The molecule has 2 amide bonds. The van der Waals surface area contributed by atoms with Crippen molar-refractivity contribution in [2.75, 3.05) is 6.54 Å². The molecule has 1 aliphatic heterocycles. The summed E-state index contributed by atoms with van der Waals surface area (Å²) >= 11 is 12.1. The Hall–Kier alpha value is -3.88. The van der Waals surface area contributed by atoms with Crippen LogP contribution in [0.25, 0.3) is 5.69 Å². The third-order valence-corrected chi connectivity index (χ3v) is 6.79. The van der Waals surface area contributed by atoms with E-state index in [1.54, 1.807) is 39.9 Å². The van der Waals surface area contributed by atoms with E-state index in [1.807, 2.05) is 30.3 Å². The quantitative estimate of drug-likeness (QED) is 0.430. The Bertz CT molecular complexity index is 1500. The molecule has 0 bridgehead atoms. The molecule has 0 spiro atoms. The monoisotopic (exact) mass is 521 g/mol. The van der Waals surface area contributed by atoms with Gasteiger partial charge < -0.3 is 10.2 Å². The lowest BCUT2D eigenvalue weighted by atomic mass is 10.1. The fourth-order valence-corrected chi connectivity index (χ4v) is 4.56. The van der Waals surface area contributed by atoms with Crippen LogP contribution in [0.2, 0.25) is 10.0 Å². The molecule has 0 saturated carbocycles. The standard InChI is InChI=1S/C26H21Cl2N5O3/c27-20-9-8-18(13-21(20)28)25(35)31-11-12-32-22(16-31)23(24(34)30-14-17-5-2-1-3-6-17)33(26(32)36)19-7-4-10-29-15-19/h1-10,13,15H,11-12,14,16H2,(H,30,34). The lowest BCUT2D eigenvalue weighted by Crippen LogP contribution is -2.41. The van der Waals surface area contributed by atoms with Crippen molar-refractivity contribution in [3.05, 3.63) is 116 Å². The maximum atomic E-state index is 13.5. The van der Waals surface area contributed by atoms with Crippen molar-refractivity contribution in [1.29, 1.82) is 0 Å². The molecule has 0 aliphatic carbocycles. The van der Waals surface area contributed by atoms with Gasteiger partial charge in [-0.15, -0.1) is 0 Å². The predicted octanol–water partition coefficient (Wildman–Crippen LogP) is 3.93. The molecule has 1 N–H and O–H groups in total. The Morgan fingerprint density at radius 2 is 1.78 bits per heavy atom. The summed E-state index contributed by atoms with van der Waals surface area (Å²) in [7, 11) is 0. The van der Waals surface area contributed by atoms with E-state index in [2.05, 4.69) is 10.3 Å². The summed E-state index contributed by atoms with van der Waals surface area (Å²) in [6.45, 7) is 0.911. The van der Waals surface area contributed by atoms with Crippen LogP contribution >= 0.6 is 23.2 Å². The van der Waals surface area contributed by atoms with Gasteiger partial charge >= 0.3 is 5.69 Å². The first-order valence-corrected chi connectivity index (χ1v) is 12.0. The van der Waals surface area contributed by atoms with Gasteiger partial charge in [-0.3, -0.25) is 23.7 Å². The normalized spacial score (nSPS) is 12.8. The summed E-state index contributed by atoms with van der Waals surface area (Å²) in [6, 6.07) is 17.6. The van der Waals surface area contributed by atoms with Gasteiger partial charge in [0.1, 0.15) is 5.69 Å². The number of imidazole rings is 1. The van der Waals surface area contributed by atoms with Crippen LogP contribution in [0.15, 0.2) is 77.9 Å². The van der Waals surface area contributed by atoms with Crippen molar-refractivity contribution in [2.45, 2.75) is 19.6 Å². The maximum Gasteiger partial charge on any atom is 0.333 e. The molecular weight excluding hydrogens is 501 g/mol.